The number of aliphatic imine (C=N–C) groups is 1. The van der Waals surface area contributed by atoms with Crippen molar-refractivity contribution in [2.75, 3.05) is 53.9 Å². The summed E-state index contributed by atoms with van der Waals surface area (Å²) in [6.45, 7) is 6.93. The molecule has 1 atom stereocenters. The maximum absolute atomic E-state index is 12.1. The number of likely N-dealkylation sites (tertiary alicyclic amines) is 1. The van der Waals surface area contributed by atoms with Crippen LogP contribution in [0.4, 0.5) is 0 Å². The minimum atomic E-state index is 0. The maximum Gasteiger partial charge on any atom is 0.253 e. The molecule has 1 fully saturated rings. The number of hydrogen-bond acceptors (Lipinski definition) is 3. The third kappa shape index (κ3) is 8.34. The van der Waals surface area contributed by atoms with Crippen molar-refractivity contribution in [2.45, 2.75) is 26.2 Å². The Morgan fingerprint density at radius 1 is 1.32 bits per heavy atom. The Hall–Kier alpha value is -1.35. The first-order valence-electron chi connectivity index (χ1n) is 10.0. The Balaban J connectivity index is 0.00000392. The summed E-state index contributed by atoms with van der Waals surface area (Å²) in [7, 11) is 5.74. The minimum Gasteiger partial charge on any atom is -0.357 e. The van der Waals surface area contributed by atoms with Crippen molar-refractivity contribution >= 4 is 35.8 Å². The van der Waals surface area contributed by atoms with Crippen molar-refractivity contribution in [1.29, 1.82) is 0 Å². The number of guanidine groups is 1. The molecule has 0 spiro atoms. The van der Waals surface area contributed by atoms with Crippen molar-refractivity contribution in [1.82, 2.24) is 20.4 Å². The molecule has 1 aromatic rings. The highest BCUT2D eigenvalue weighted by Crippen LogP contribution is 2.15. The fraction of sp³-hybridized carbons (Fsp3) is 0.619. The van der Waals surface area contributed by atoms with Crippen LogP contribution in [0.3, 0.4) is 0 Å². The highest BCUT2D eigenvalue weighted by molar-refractivity contribution is 14.0. The van der Waals surface area contributed by atoms with Crippen LogP contribution in [0, 0.1) is 5.92 Å². The van der Waals surface area contributed by atoms with E-state index in [2.05, 4.69) is 35.6 Å². The van der Waals surface area contributed by atoms with Crippen LogP contribution in [-0.2, 0) is 6.42 Å². The molecular weight excluding hydrogens is 465 g/mol. The number of benzene rings is 1. The van der Waals surface area contributed by atoms with Gasteiger partial charge in [0.25, 0.3) is 5.91 Å². The van der Waals surface area contributed by atoms with Gasteiger partial charge in [0.1, 0.15) is 0 Å². The number of carbonyl (C=O) groups is 1. The lowest BCUT2D eigenvalue weighted by Crippen LogP contribution is -2.39. The molecule has 0 radical (unpaired) electrons. The molecule has 1 aliphatic heterocycles. The van der Waals surface area contributed by atoms with Crippen LogP contribution >= 0.6 is 24.0 Å². The van der Waals surface area contributed by atoms with E-state index in [4.69, 9.17) is 4.99 Å². The van der Waals surface area contributed by atoms with Gasteiger partial charge >= 0.3 is 0 Å². The van der Waals surface area contributed by atoms with Gasteiger partial charge < -0.3 is 20.4 Å². The zero-order valence-corrected chi connectivity index (χ0v) is 20.0. The summed E-state index contributed by atoms with van der Waals surface area (Å²) in [5.41, 5.74) is 1.89. The van der Waals surface area contributed by atoms with Crippen LogP contribution in [0.1, 0.15) is 35.7 Å². The van der Waals surface area contributed by atoms with Gasteiger partial charge in [-0.15, -0.1) is 24.0 Å². The van der Waals surface area contributed by atoms with Gasteiger partial charge in [0.2, 0.25) is 0 Å². The normalized spacial score (nSPS) is 17.6. The molecule has 0 aliphatic carbocycles. The topological polar surface area (TPSA) is 60.0 Å². The Bertz CT molecular complexity index is 635. The standard InChI is InChI=1S/C21H35N5O.HI/c1-5-22-21(24-15-18-9-7-13-26(4)16-18)23-12-11-17-8-6-10-19(14-17)20(27)25(2)3;/h6,8,10,14,18H,5,7,9,11-13,15-16H2,1-4H3,(H2,22,23,24);1H. The molecule has 1 heterocycles. The Morgan fingerprint density at radius 3 is 2.79 bits per heavy atom. The molecule has 1 aromatic carbocycles. The SMILES string of the molecule is CCNC(=NCC1CCCN(C)C1)NCCc1cccc(C(=O)N(C)C)c1.I. The zero-order chi connectivity index (χ0) is 19.6. The fourth-order valence-corrected chi connectivity index (χ4v) is 3.43. The molecular formula is C21H36IN5O. The molecule has 1 saturated heterocycles. The molecule has 158 valence electrons. The average molecular weight is 501 g/mol. The first-order valence-corrected chi connectivity index (χ1v) is 10.0. The second kappa shape index (κ2) is 13.0. The molecule has 1 aliphatic rings. The van der Waals surface area contributed by atoms with Crippen LogP contribution in [0.2, 0.25) is 0 Å². The van der Waals surface area contributed by atoms with Gasteiger partial charge in [-0.2, -0.15) is 0 Å². The number of nitrogens with zero attached hydrogens (tertiary/aromatic N) is 3. The van der Waals surface area contributed by atoms with Crippen molar-refractivity contribution in [3.05, 3.63) is 35.4 Å². The summed E-state index contributed by atoms with van der Waals surface area (Å²) < 4.78 is 0. The van der Waals surface area contributed by atoms with E-state index in [9.17, 15) is 4.79 Å². The number of halogens is 1. The summed E-state index contributed by atoms with van der Waals surface area (Å²) in [5.74, 6) is 1.57. The molecule has 0 aromatic heterocycles. The predicted octanol–water partition coefficient (Wildman–Crippen LogP) is 2.45. The van der Waals surface area contributed by atoms with Crippen LogP contribution < -0.4 is 10.6 Å². The first kappa shape index (κ1) is 24.7. The number of carbonyl (C=O) groups excluding carboxylic acids is 1. The number of hydrogen-bond donors (Lipinski definition) is 2. The van der Waals surface area contributed by atoms with Gasteiger partial charge in [-0.25, -0.2) is 0 Å². The summed E-state index contributed by atoms with van der Waals surface area (Å²) >= 11 is 0. The van der Waals surface area contributed by atoms with Gasteiger partial charge in [0.15, 0.2) is 5.96 Å². The Kier molecular flexibility index (Phi) is 11.4. The van der Waals surface area contributed by atoms with Crippen molar-refractivity contribution in [2.24, 2.45) is 10.9 Å². The van der Waals surface area contributed by atoms with E-state index in [1.807, 2.05) is 18.2 Å². The molecule has 2 rings (SSSR count). The van der Waals surface area contributed by atoms with Crippen molar-refractivity contribution in [3.8, 4) is 0 Å². The van der Waals surface area contributed by atoms with Crippen LogP contribution in [0.5, 0.6) is 0 Å². The smallest absolute Gasteiger partial charge is 0.253 e. The summed E-state index contributed by atoms with van der Waals surface area (Å²) in [6, 6.07) is 7.86. The molecule has 1 unspecified atom stereocenters. The summed E-state index contributed by atoms with van der Waals surface area (Å²) in [4.78, 5) is 20.9. The highest BCUT2D eigenvalue weighted by atomic mass is 127. The highest BCUT2D eigenvalue weighted by Gasteiger charge is 2.16. The largest absolute Gasteiger partial charge is 0.357 e. The van der Waals surface area contributed by atoms with Gasteiger partial charge in [-0.3, -0.25) is 9.79 Å². The van der Waals surface area contributed by atoms with Crippen LogP contribution in [-0.4, -0.2) is 75.5 Å². The Morgan fingerprint density at radius 2 is 2.11 bits per heavy atom. The van der Waals surface area contributed by atoms with Gasteiger partial charge in [0.05, 0.1) is 0 Å². The zero-order valence-electron chi connectivity index (χ0n) is 17.7. The van der Waals surface area contributed by atoms with E-state index < -0.39 is 0 Å². The van der Waals surface area contributed by atoms with E-state index in [1.54, 1.807) is 19.0 Å². The van der Waals surface area contributed by atoms with Gasteiger partial charge in [-0.1, -0.05) is 12.1 Å². The van der Waals surface area contributed by atoms with E-state index >= 15 is 0 Å². The lowest BCUT2D eigenvalue weighted by Gasteiger charge is -2.28. The van der Waals surface area contributed by atoms with Crippen LogP contribution in [0.25, 0.3) is 0 Å². The Labute approximate surface area is 187 Å². The second-order valence-corrected chi connectivity index (χ2v) is 7.57. The van der Waals surface area contributed by atoms with Crippen LogP contribution in [0.15, 0.2) is 29.3 Å². The molecule has 7 heteroatoms. The first-order chi connectivity index (χ1) is 13.0. The molecule has 0 bridgehead atoms. The summed E-state index contributed by atoms with van der Waals surface area (Å²) in [5, 5.41) is 6.75. The van der Waals surface area contributed by atoms with Gasteiger partial charge in [-0.05, 0) is 63.4 Å². The third-order valence-electron chi connectivity index (χ3n) is 4.86. The minimum absolute atomic E-state index is 0. The van der Waals surface area contributed by atoms with Crippen molar-refractivity contribution in [3.63, 3.8) is 0 Å². The average Bonchev–Trinajstić information content (AvgIpc) is 2.65. The number of nitrogens with one attached hydrogen (secondary N) is 2. The number of rotatable bonds is 7. The quantitative estimate of drug-likeness (QED) is 0.343. The summed E-state index contributed by atoms with van der Waals surface area (Å²) in [6.07, 6.45) is 3.38. The monoisotopic (exact) mass is 501 g/mol. The van der Waals surface area contributed by atoms with E-state index in [1.165, 1.54) is 19.4 Å². The molecule has 28 heavy (non-hydrogen) atoms. The number of piperidine rings is 1. The van der Waals surface area contributed by atoms with E-state index in [0.29, 0.717) is 5.92 Å². The third-order valence-corrected chi connectivity index (χ3v) is 4.86. The fourth-order valence-electron chi connectivity index (χ4n) is 3.43. The van der Waals surface area contributed by atoms with Crippen molar-refractivity contribution < 1.29 is 4.79 Å². The lowest BCUT2D eigenvalue weighted by atomic mass is 9.99. The van der Waals surface area contributed by atoms with E-state index in [0.717, 1.165) is 49.7 Å². The molecule has 2 N–H and O–H groups in total. The molecule has 6 nitrogen and oxygen atoms in total. The van der Waals surface area contributed by atoms with E-state index in [-0.39, 0.29) is 29.9 Å². The predicted molar refractivity (Wildman–Crippen MR) is 128 cm³/mol. The molecule has 1 amide bonds. The van der Waals surface area contributed by atoms with Gasteiger partial charge in [0, 0.05) is 45.8 Å². The second-order valence-electron chi connectivity index (χ2n) is 7.57. The lowest BCUT2D eigenvalue weighted by molar-refractivity contribution is 0.0827. The number of amides is 1. The maximum atomic E-state index is 12.1. The molecule has 0 saturated carbocycles.